The van der Waals surface area contributed by atoms with Gasteiger partial charge in [-0.15, -0.1) is 11.3 Å². The van der Waals surface area contributed by atoms with Gasteiger partial charge >= 0.3 is 5.97 Å². The van der Waals surface area contributed by atoms with Gasteiger partial charge in [0.2, 0.25) is 0 Å². The number of hydrogen-bond acceptors (Lipinski definition) is 8. The summed E-state index contributed by atoms with van der Waals surface area (Å²) in [4.78, 5) is 33.6. The van der Waals surface area contributed by atoms with Crippen LogP contribution in [0.4, 0.5) is 10.2 Å². The van der Waals surface area contributed by atoms with Gasteiger partial charge in [-0.05, 0) is 73.3 Å². The van der Waals surface area contributed by atoms with Crippen LogP contribution in [-0.2, 0) is 15.1 Å². The van der Waals surface area contributed by atoms with E-state index in [0.29, 0.717) is 25.9 Å². The van der Waals surface area contributed by atoms with Gasteiger partial charge in [0.05, 0.1) is 33.5 Å². The summed E-state index contributed by atoms with van der Waals surface area (Å²) in [6, 6.07) is 33.7. The highest BCUT2D eigenvalue weighted by molar-refractivity contribution is 7.19. The molecule has 0 aliphatic heterocycles. The maximum Gasteiger partial charge on any atom is 0.311 e. The smallest absolute Gasteiger partial charge is 0.311 e. The molecule has 3 aliphatic rings. The zero-order valence-electron chi connectivity index (χ0n) is 30.4. The lowest BCUT2D eigenvalue weighted by atomic mass is 9.61. The van der Waals surface area contributed by atoms with Crippen LogP contribution in [0.3, 0.4) is 0 Å². The van der Waals surface area contributed by atoms with Crippen LogP contribution in [0.15, 0.2) is 116 Å². The van der Waals surface area contributed by atoms with Gasteiger partial charge in [0, 0.05) is 12.2 Å². The Morgan fingerprint density at radius 1 is 0.857 bits per heavy atom. The summed E-state index contributed by atoms with van der Waals surface area (Å²) in [7, 11) is 0. The Kier molecular flexibility index (Phi) is 9.81. The average Bonchev–Trinajstić information content (AvgIpc) is 3.84. The van der Waals surface area contributed by atoms with Gasteiger partial charge in [-0.2, -0.15) is 0 Å². The van der Waals surface area contributed by atoms with Gasteiger partial charge in [-0.3, -0.25) is 4.79 Å². The third-order valence-corrected chi connectivity index (χ3v) is 12.8. The summed E-state index contributed by atoms with van der Waals surface area (Å²) < 4.78 is 25.1. The van der Waals surface area contributed by atoms with Crippen molar-refractivity contribution in [3.8, 4) is 22.0 Å². The van der Waals surface area contributed by atoms with Crippen LogP contribution in [0.2, 0.25) is 9.49 Å². The Bertz CT molecular complexity index is 2430. The summed E-state index contributed by atoms with van der Waals surface area (Å²) in [5, 5.41) is 3.66. The van der Waals surface area contributed by atoms with Crippen molar-refractivity contribution in [2.24, 2.45) is 17.8 Å². The molecule has 1 N–H and O–H groups in total. The third kappa shape index (κ3) is 6.24. The first kappa shape index (κ1) is 36.5. The van der Waals surface area contributed by atoms with E-state index in [1.165, 1.54) is 17.5 Å². The summed E-state index contributed by atoms with van der Waals surface area (Å²) in [5.74, 6) is -0.759. The molecule has 7 aromatic rings. The molecular formula is C44H37Cl2FN6O2S. The van der Waals surface area contributed by atoms with E-state index in [9.17, 15) is 4.79 Å². The lowest BCUT2D eigenvalue weighted by Gasteiger charge is -2.47. The van der Waals surface area contributed by atoms with Crippen LogP contribution >= 0.6 is 34.5 Å². The molecule has 10 rings (SSSR count). The van der Waals surface area contributed by atoms with Gasteiger partial charge in [0.25, 0.3) is 0 Å². The molecule has 3 saturated carbocycles. The van der Waals surface area contributed by atoms with Gasteiger partial charge in [0.15, 0.2) is 23.1 Å². The second kappa shape index (κ2) is 15.1. The van der Waals surface area contributed by atoms with Gasteiger partial charge in [-0.1, -0.05) is 114 Å². The fourth-order valence-electron chi connectivity index (χ4n) is 9.00. The number of benzene rings is 3. The number of nitrogens with one attached hydrogen (secondary N) is 1. The molecule has 12 heteroatoms. The maximum atomic E-state index is 17.0. The molecule has 2 atom stereocenters. The van der Waals surface area contributed by atoms with Crippen molar-refractivity contribution in [2.75, 3.05) is 11.9 Å². The Hall–Kier alpha value is -5.16. The fourth-order valence-corrected chi connectivity index (χ4v) is 10.2. The van der Waals surface area contributed by atoms with Crippen LogP contribution in [0, 0.1) is 23.6 Å². The molecule has 0 amide bonds. The van der Waals surface area contributed by atoms with Crippen molar-refractivity contribution in [3.63, 3.8) is 0 Å². The van der Waals surface area contributed by atoms with Crippen LogP contribution in [0.5, 0.6) is 0 Å². The molecule has 2 bridgehead atoms. The number of anilines is 1. The Morgan fingerprint density at radius 2 is 1.46 bits per heavy atom. The van der Waals surface area contributed by atoms with Gasteiger partial charge in [0.1, 0.15) is 21.9 Å². The predicted octanol–water partition coefficient (Wildman–Crippen LogP) is 10.7. The Labute approximate surface area is 337 Å². The molecule has 0 saturated heterocycles. The first-order chi connectivity index (χ1) is 27.4. The molecule has 0 spiro atoms. The average molecular weight is 804 g/mol. The first-order valence-corrected chi connectivity index (χ1v) is 20.4. The van der Waals surface area contributed by atoms with E-state index < -0.39 is 17.3 Å². The maximum absolute atomic E-state index is 17.0. The van der Waals surface area contributed by atoms with Gasteiger partial charge in [-0.25, -0.2) is 24.3 Å². The molecule has 3 aliphatic carbocycles. The van der Waals surface area contributed by atoms with Crippen molar-refractivity contribution in [1.29, 1.82) is 0 Å². The quantitative estimate of drug-likeness (QED) is 0.109. The van der Waals surface area contributed by atoms with E-state index in [1.807, 2.05) is 67.7 Å². The SMILES string of the molecule is CCOC(=O)[C@@H]1C2CCC(CC2)[C@H]1Nc1nc(-c2cn(C(c3ccccc3)(c3ccccc3)c3ccccc3)c3nc(Cl)cnc23)nc(-c2ccc(Cl)s2)c1F. The van der Waals surface area contributed by atoms with Gasteiger partial charge < -0.3 is 14.6 Å². The largest absolute Gasteiger partial charge is 0.466 e. The molecule has 3 fully saturated rings. The zero-order chi connectivity index (χ0) is 38.4. The molecule has 8 nitrogen and oxygen atoms in total. The van der Waals surface area contributed by atoms with E-state index in [0.717, 1.165) is 42.4 Å². The number of halogens is 3. The number of aromatic nitrogens is 5. The summed E-state index contributed by atoms with van der Waals surface area (Å²) in [6.07, 6.45) is 7.20. The van der Waals surface area contributed by atoms with E-state index in [2.05, 4.69) is 46.3 Å². The van der Waals surface area contributed by atoms with Crippen molar-refractivity contribution in [3.05, 3.63) is 148 Å². The monoisotopic (exact) mass is 802 g/mol. The minimum absolute atomic E-state index is 0.00429. The highest BCUT2D eigenvalue weighted by atomic mass is 35.5. The summed E-state index contributed by atoms with van der Waals surface area (Å²) >= 11 is 14.3. The second-order valence-corrected chi connectivity index (χ2v) is 16.5. The summed E-state index contributed by atoms with van der Waals surface area (Å²) in [6.45, 7) is 2.09. The number of carbonyl (C=O) groups excluding carboxylic acids is 1. The standard InChI is InChI=1S/C44H37Cl2FN6O2S/c1-2-55-43(54)35-26-18-20-27(21-19-26)37(35)50-41-36(47)39(32-22-23-34(46)56-32)51-40(52-41)31-25-53(42-38(31)48-24-33(45)49-42)44(28-12-6-3-7-13-28,29-14-8-4-9-15-29)30-16-10-5-11-17-30/h3-17,22-27,35,37H,2,18-21H2,1H3,(H,50,51,52)/t26?,27?,35-,37-/m1/s1. The minimum Gasteiger partial charge on any atom is -0.466 e. The van der Waals surface area contributed by atoms with Crippen molar-refractivity contribution in [2.45, 2.75) is 44.2 Å². The second-order valence-electron chi connectivity index (χ2n) is 14.4. The number of esters is 1. The van der Waals surface area contributed by atoms with E-state index in [4.69, 9.17) is 47.9 Å². The Morgan fingerprint density at radius 3 is 2.04 bits per heavy atom. The predicted molar refractivity (Wildman–Crippen MR) is 219 cm³/mol. The van der Waals surface area contributed by atoms with Crippen LogP contribution in [0.1, 0.15) is 49.3 Å². The Balaban J connectivity index is 1.30. The molecular weight excluding hydrogens is 766 g/mol. The molecule has 4 aromatic heterocycles. The zero-order valence-corrected chi connectivity index (χ0v) is 32.7. The molecule has 0 unspecified atom stereocenters. The number of carbonyl (C=O) groups is 1. The third-order valence-electron chi connectivity index (χ3n) is 11.4. The number of ether oxygens (including phenoxy) is 1. The number of hydrogen-bond donors (Lipinski definition) is 1. The lowest BCUT2D eigenvalue weighted by molar-refractivity contribution is -0.154. The van der Waals surface area contributed by atoms with Crippen LogP contribution in [-0.4, -0.2) is 43.1 Å². The van der Waals surface area contributed by atoms with Crippen LogP contribution < -0.4 is 5.32 Å². The molecule has 282 valence electrons. The molecule has 4 heterocycles. The number of rotatable bonds is 10. The van der Waals surface area contributed by atoms with E-state index in [1.54, 1.807) is 12.1 Å². The van der Waals surface area contributed by atoms with Crippen molar-refractivity contribution >= 4 is 57.5 Å². The van der Waals surface area contributed by atoms with Crippen molar-refractivity contribution in [1.82, 2.24) is 24.5 Å². The molecule has 3 aromatic carbocycles. The minimum atomic E-state index is -0.973. The highest BCUT2D eigenvalue weighted by Crippen LogP contribution is 2.48. The van der Waals surface area contributed by atoms with E-state index in [-0.39, 0.29) is 52.9 Å². The number of thiophene rings is 1. The van der Waals surface area contributed by atoms with Crippen LogP contribution in [0.25, 0.3) is 33.1 Å². The highest BCUT2D eigenvalue weighted by Gasteiger charge is 2.48. The summed E-state index contributed by atoms with van der Waals surface area (Å²) in [5.41, 5.74) is 3.51. The lowest BCUT2D eigenvalue weighted by Crippen LogP contribution is -2.52. The molecule has 56 heavy (non-hydrogen) atoms. The number of nitrogens with zero attached hydrogens (tertiary/aromatic N) is 5. The molecule has 0 radical (unpaired) electrons. The normalized spacial score (nSPS) is 19.3. The topological polar surface area (TPSA) is 94.8 Å². The first-order valence-electron chi connectivity index (χ1n) is 18.8. The van der Waals surface area contributed by atoms with E-state index >= 15 is 4.39 Å². The van der Waals surface area contributed by atoms with Crippen molar-refractivity contribution < 1.29 is 13.9 Å². The fraction of sp³-hybridized carbons (Fsp3) is 0.250. The number of fused-ring (bicyclic) bond motifs is 4.